The molecule has 2 fully saturated rings. The van der Waals surface area contributed by atoms with Crippen LogP contribution in [-0.2, 0) is 9.59 Å². The first kappa shape index (κ1) is 14.0. The number of amides is 4. The highest BCUT2D eigenvalue weighted by atomic mass is 16.2. The number of nitrogens with zero attached hydrogens (tertiary/aromatic N) is 1. The minimum atomic E-state index is -1.14. The van der Waals surface area contributed by atoms with Crippen molar-refractivity contribution >= 4 is 17.8 Å². The SMILES string of the molecule is CC1CCC(CN2C(=O)NC(=O)C(C)(C)C2=O)CC1. The second kappa shape index (κ2) is 4.94. The van der Waals surface area contributed by atoms with E-state index < -0.39 is 17.4 Å². The molecule has 0 aromatic rings. The summed E-state index contributed by atoms with van der Waals surface area (Å²) in [6.45, 7) is 5.80. The van der Waals surface area contributed by atoms with E-state index in [1.807, 2.05) is 0 Å². The third-order valence-corrected chi connectivity index (χ3v) is 4.39. The van der Waals surface area contributed by atoms with Crippen molar-refractivity contribution in [3.63, 3.8) is 0 Å². The first-order valence-corrected chi connectivity index (χ1v) is 6.99. The molecular formula is C14H22N2O3. The second-order valence-corrected chi connectivity index (χ2v) is 6.43. The third-order valence-electron chi connectivity index (χ3n) is 4.39. The predicted molar refractivity (Wildman–Crippen MR) is 70.2 cm³/mol. The lowest BCUT2D eigenvalue weighted by Crippen LogP contribution is -2.62. The van der Waals surface area contributed by atoms with E-state index in [4.69, 9.17) is 0 Å². The van der Waals surface area contributed by atoms with Crippen LogP contribution < -0.4 is 5.32 Å². The quantitative estimate of drug-likeness (QED) is 0.776. The van der Waals surface area contributed by atoms with Crippen molar-refractivity contribution in [1.29, 1.82) is 0 Å². The van der Waals surface area contributed by atoms with Crippen LogP contribution in [0, 0.1) is 17.3 Å². The smallest absolute Gasteiger partial charge is 0.277 e. The molecule has 5 nitrogen and oxygen atoms in total. The van der Waals surface area contributed by atoms with Gasteiger partial charge in [-0.3, -0.25) is 19.8 Å². The summed E-state index contributed by atoms with van der Waals surface area (Å²) in [6.07, 6.45) is 4.40. The Balaban J connectivity index is 2.05. The van der Waals surface area contributed by atoms with Crippen LogP contribution in [0.4, 0.5) is 4.79 Å². The zero-order valence-electron chi connectivity index (χ0n) is 11.9. The second-order valence-electron chi connectivity index (χ2n) is 6.43. The van der Waals surface area contributed by atoms with Gasteiger partial charge in [-0.2, -0.15) is 0 Å². The molecule has 0 unspecified atom stereocenters. The zero-order chi connectivity index (χ0) is 14.2. The van der Waals surface area contributed by atoms with Crippen LogP contribution in [0.3, 0.4) is 0 Å². The Kier molecular flexibility index (Phi) is 3.65. The Morgan fingerprint density at radius 2 is 1.74 bits per heavy atom. The van der Waals surface area contributed by atoms with Gasteiger partial charge in [-0.15, -0.1) is 0 Å². The molecule has 1 heterocycles. The number of hydrogen-bond donors (Lipinski definition) is 1. The van der Waals surface area contributed by atoms with Crippen molar-refractivity contribution in [3.05, 3.63) is 0 Å². The Bertz CT molecular complexity index is 409. The van der Waals surface area contributed by atoms with Gasteiger partial charge in [0.25, 0.3) is 0 Å². The molecule has 5 heteroatoms. The maximum atomic E-state index is 12.3. The molecule has 0 spiro atoms. The van der Waals surface area contributed by atoms with Crippen molar-refractivity contribution in [3.8, 4) is 0 Å². The highest BCUT2D eigenvalue weighted by Gasteiger charge is 2.47. The lowest BCUT2D eigenvalue weighted by molar-refractivity contribution is -0.149. The molecule has 1 saturated carbocycles. The van der Waals surface area contributed by atoms with Gasteiger partial charge in [-0.05, 0) is 38.5 Å². The minimum absolute atomic E-state index is 0.370. The summed E-state index contributed by atoms with van der Waals surface area (Å²) in [4.78, 5) is 36.9. The minimum Gasteiger partial charge on any atom is -0.277 e. The molecule has 0 bridgehead atoms. The van der Waals surface area contributed by atoms with Gasteiger partial charge in [0.2, 0.25) is 11.8 Å². The summed E-state index contributed by atoms with van der Waals surface area (Å²) >= 11 is 0. The van der Waals surface area contributed by atoms with Crippen LogP contribution >= 0.6 is 0 Å². The fraction of sp³-hybridized carbons (Fsp3) is 0.786. The van der Waals surface area contributed by atoms with Crippen LogP contribution in [0.1, 0.15) is 46.5 Å². The molecule has 2 aliphatic rings. The van der Waals surface area contributed by atoms with E-state index in [1.165, 1.54) is 4.90 Å². The monoisotopic (exact) mass is 266 g/mol. The summed E-state index contributed by atoms with van der Waals surface area (Å²) < 4.78 is 0. The zero-order valence-corrected chi connectivity index (χ0v) is 11.9. The van der Waals surface area contributed by atoms with Crippen molar-refractivity contribution in [1.82, 2.24) is 10.2 Å². The molecule has 0 atom stereocenters. The average molecular weight is 266 g/mol. The van der Waals surface area contributed by atoms with E-state index in [2.05, 4.69) is 12.2 Å². The maximum absolute atomic E-state index is 12.3. The fourth-order valence-electron chi connectivity index (χ4n) is 2.78. The molecule has 0 aromatic carbocycles. The van der Waals surface area contributed by atoms with Crippen molar-refractivity contribution < 1.29 is 14.4 Å². The Morgan fingerprint density at radius 1 is 1.16 bits per heavy atom. The number of carbonyl (C=O) groups excluding carboxylic acids is 3. The van der Waals surface area contributed by atoms with E-state index in [-0.39, 0.29) is 5.91 Å². The van der Waals surface area contributed by atoms with Crippen molar-refractivity contribution in [2.24, 2.45) is 17.3 Å². The predicted octanol–water partition coefficient (Wildman–Crippen LogP) is 1.92. The standard InChI is InChI=1S/C14H22N2O3/c1-9-4-6-10(7-5-9)8-16-12(18)14(2,3)11(17)15-13(16)19/h9-10H,4-8H2,1-3H3,(H,15,17,19). The van der Waals surface area contributed by atoms with Crippen molar-refractivity contribution in [2.45, 2.75) is 46.5 Å². The Hall–Kier alpha value is -1.39. The van der Waals surface area contributed by atoms with Crippen LogP contribution in [0.15, 0.2) is 0 Å². The first-order valence-electron chi connectivity index (χ1n) is 6.99. The number of imide groups is 2. The summed E-state index contributed by atoms with van der Waals surface area (Å²) in [7, 11) is 0. The molecule has 0 aromatic heterocycles. The van der Waals surface area contributed by atoms with Crippen LogP contribution in [0.5, 0.6) is 0 Å². The molecule has 19 heavy (non-hydrogen) atoms. The Labute approximate surface area is 113 Å². The van der Waals surface area contributed by atoms with Gasteiger partial charge in [0, 0.05) is 6.54 Å². The molecule has 1 aliphatic heterocycles. The molecule has 1 saturated heterocycles. The number of urea groups is 1. The number of rotatable bonds is 2. The number of hydrogen-bond acceptors (Lipinski definition) is 3. The Morgan fingerprint density at radius 3 is 2.32 bits per heavy atom. The summed E-state index contributed by atoms with van der Waals surface area (Å²) in [5.41, 5.74) is -1.14. The van der Waals surface area contributed by atoms with Crippen LogP contribution in [0.2, 0.25) is 0 Å². The highest BCUT2D eigenvalue weighted by Crippen LogP contribution is 2.31. The van der Waals surface area contributed by atoms with E-state index in [1.54, 1.807) is 13.8 Å². The van der Waals surface area contributed by atoms with Crippen molar-refractivity contribution in [2.75, 3.05) is 6.54 Å². The molecule has 2 rings (SSSR count). The van der Waals surface area contributed by atoms with E-state index in [9.17, 15) is 14.4 Å². The number of carbonyl (C=O) groups is 3. The van der Waals surface area contributed by atoms with Gasteiger partial charge in [0.15, 0.2) is 0 Å². The molecule has 0 radical (unpaired) electrons. The normalized spacial score (nSPS) is 31.3. The number of nitrogens with one attached hydrogen (secondary N) is 1. The van der Waals surface area contributed by atoms with Gasteiger partial charge in [0.1, 0.15) is 5.41 Å². The van der Waals surface area contributed by atoms with Crippen LogP contribution in [0.25, 0.3) is 0 Å². The van der Waals surface area contributed by atoms with Gasteiger partial charge >= 0.3 is 6.03 Å². The van der Waals surface area contributed by atoms with E-state index in [0.717, 1.165) is 31.6 Å². The summed E-state index contributed by atoms with van der Waals surface area (Å²) in [5.74, 6) is 0.228. The molecular weight excluding hydrogens is 244 g/mol. The summed E-state index contributed by atoms with van der Waals surface area (Å²) in [6, 6.07) is -0.562. The average Bonchev–Trinajstić information content (AvgIpc) is 2.35. The molecule has 4 amide bonds. The third kappa shape index (κ3) is 2.65. The topological polar surface area (TPSA) is 66.5 Å². The van der Waals surface area contributed by atoms with Gasteiger partial charge in [0.05, 0.1) is 0 Å². The molecule has 1 N–H and O–H groups in total. The summed E-state index contributed by atoms with van der Waals surface area (Å²) in [5, 5.41) is 2.28. The van der Waals surface area contributed by atoms with E-state index in [0.29, 0.717) is 12.5 Å². The fourth-order valence-corrected chi connectivity index (χ4v) is 2.78. The molecule has 1 aliphatic carbocycles. The lowest BCUT2D eigenvalue weighted by atomic mass is 9.82. The van der Waals surface area contributed by atoms with Crippen LogP contribution in [-0.4, -0.2) is 29.3 Å². The lowest BCUT2D eigenvalue weighted by Gasteiger charge is -2.37. The van der Waals surface area contributed by atoms with Gasteiger partial charge in [-0.1, -0.05) is 19.8 Å². The van der Waals surface area contributed by atoms with Gasteiger partial charge in [-0.25, -0.2) is 4.79 Å². The largest absolute Gasteiger partial charge is 0.330 e. The molecule has 106 valence electrons. The first-order chi connectivity index (χ1) is 8.82. The number of barbiturate groups is 1. The highest BCUT2D eigenvalue weighted by molar-refractivity contribution is 6.18. The maximum Gasteiger partial charge on any atom is 0.330 e. The van der Waals surface area contributed by atoms with E-state index >= 15 is 0 Å². The van der Waals surface area contributed by atoms with Gasteiger partial charge < -0.3 is 0 Å².